The maximum atomic E-state index is 14.3. The molecule has 0 radical (unpaired) electrons. The van der Waals surface area contributed by atoms with Gasteiger partial charge in [-0.15, -0.1) is 0 Å². The molecule has 3 aromatic carbocycles. The van der Waals surface area contributed by atoms with E-state index >= 15 is 0 Å². The highest BCUT2D eigenvalue weighted by atomic mass is 35.5. The topological polar surface area (TPSA) is 105 Å². The number of anilines is 1. The number of rotatable bonds is 10. The summed E-state index contributed by atoms with van der Waals surface area (Å²) in [4.78, 5) is 29.1. The summed E-state index contributed by atoms with van der Waals surface area (Å²) in [5, 5.41) is 3.74. The predicted octanol–water partition coefficient (Wildman–Crippen LogP) is 5.83. The second-order valence-electron chi connectivity index (χ2n) is 10.9. The number of sulfonamides is 1. The molecule has 3 aromatic rings. The van der Waals surface area contributed by atoms with Gasteiger partial charge in [-0.05, 0) is 56.2 Å². The van der Waals surface area contributed by atoms with Crippen molar-refractivity contribution in [2.75, 3.05) is 24.1 Å². The Morgan fingerprint density at radius 2 is 1.57 bits per heavy atom. The highest BCUT2D eigenvalue weighted by Gasteiger charge is 2.34. The van der Waals surface area contributed by atoms with E-state index in [1.165, 1.54) is 23.1 Å². The van der Waals surface area contributed by atoms with Gasteiger partial charge in [-0.1, -0.05) is 66.7 Å². The minimum absolute atomic E-state index is 0.00600. The molecule has 1 aliphatic carbocycles. The minimum atomic E-state index is -4.23. The number of ether oxygens (including phenoxy) is 2. The molecule has 44 heavy (non-hydrogen) atoms. The minimum Gasteiger partial charge on any atom is -0.486 e. The van der Waals surface area contributed by atoms with Crippen molar-refractivity contribution < 1.29 is 27.5 Å². The molecular weight excluding hydrogens is 625 g/mol. The third kappa shape index (κ3) is 7.25. The first-order valence-corrected chi connectivity index (χ1v) is 16.8. The molecule has 1 aliphatic heterocycles. The standard InChI is InChI=1S/C32H35Cl2N3O6S/c1-22(32(39)35-23-9-4-2-5-10-23)36(20-26-27(33)13-8-14-28(26)34)31(38)21-37(44(40,41)25-11-6-3-7-12-25)24-15-16-29-30(19-24)43-18-17-42-29/h3,6-8,11-16,19,22-23H,2,4-5,9-10,17-18,20-21H2,1H3,(H,35,39)/t22-/m0/s1. The smallest absolute Gasteiger partial charge is 0.264 e. The summed E-state index contributed by atoms with van der Waals surface area (Å²) in [6, 6.07) is 16.6. The van der Waals surface area contributed by atoms with Crippen molar-refractivity contribution in [3.05, 3.63) is 82.3 Å². The van der Waals surface area contributed by atoms with Crippen LogP contribution in [0.2, 0.25) is 10.0 Å². The molecule has 9 nitrogen and oxygen atoms in total. The van der Waals surface area contributed by atoms with Crippen LogP contribution in [-0.4, -0.2) is 57.0 Å². The van der Waals surface area contributed by atoms with Gasteiger partial charge in [0.05, 0.1) is 10.6 Å². The Hall–Kier alpha value is -3.47. The maximum Gasteiger partial charge on any atom is 0.264 e. The largest absolute Gasteiger partial charge is 0.486 e. The summed E-state index contributed by atoms with van der Waals surface area (Å²) >= 11 is 13.0. The lowest BCUT2D eigenvalue weighted by Crippen LogP contribution is -2.53. The molecule has 1 fully saturated rings. The molecule has 0 spiro atoms. The average molecular weight is 661 g/mol. The molecule has 0 aromatic heterocycles. The van der Waals surface area contributed by atoms with Crippen LogP contribution in [0.1, 0.15) is 44.6 Å². The molecule has 1 atom stereocenters. The second kappa shape index (κ2) is 14.1. The van der Waals surface area contributed by atoms with Crippen LogP contribution in [0.3, 0.4) is 0 Å². The van der Waals surface area contributed by atoms with Crippen molar-refractivity contribution in [1.29, 1.82) is 0 Å². The Bertz CT molecular complexity index is 1580. The monoisotopic (exact) mass is 659 g/mol. The maximum absolute atomic E-state index is 14.3. The van der Waals surface area contributed by atoms with E-state index in [-0.39, 0.29) is 29.1 Å². The fourth-order valence-corrected chi connectivity index (χ4v) is 7.38. The van der Waals surface area contributed by atoms with E-state index in [2.05, 4.69) is 5.32 Å². The van der Waals surface area contributed by atoms with Crippen LogP contribution in [0, 0.1) is 0 Å². The van der Waals surface area contributed by atoms with E-state index in [4.69, 9.17) is 32.7 Å². The molecule has 1 N–H and O–H groups in total. The highest BCUT2D eigenvalue weighted by molar-refractivity contribution is 7.92. The van der Waals surface area contributed by atoms with Crippen molar-refractivity contribution in [3.8, 4) is 11.5 Å². The number of fused-ring (bicyclic) bond motifs is 1. The number of hydrogen-bond donors (Lipinski definition) is 1. The Labute approximate surface area is 268 Å². The van der Waals surface area contributed by atoms with Crippen molar-refractivity contribution in [1.82, 2.24) is 10.2 Å². The summed E-state index contributed by atoms with van der Waals surface area (Å²) in [5.41, 5.74) is 0.666. The normalized spacial score (nSPS) is 15.7. The molecule has 0 unspecified atom stereocenters. The predicted molar refractivity (Wildman–Crippen MR) is 170 cm³/mol. The van der Waals surface area contributed by atoms with Crippen LogP contribution >= 0.6 is 23.2 Å². The third-order valence-corrected chi connectivity index (χ3v) is 10.4. The van der Waals surface area contributed by atoms with Gasteiger partial charge in [-0.3, -0.25) is 13.9 Å². The SMILES string of the molecule is C[C@@H](C(=O)NC1CCCCC1)N(Cc1c(Cl)cccc1Cl)C(=O)CN(c1ccc2c(c1)OCCO2)S(=O)(=O)c1ccccc1. The number of benzene rings is 3. The molecule has 1 heterocycles. The average Bonchev–Trinajstić information content (AvgIpc) is 3.03. The zero-order valence-corrected chi connectivity index (χ0v) is 26.7. The van der Waals surface area contributed by atoms with Crippen LogP contribution in [0.5, 0.6) is 11.5 Å². The Balaban J connectivity index is 1.51. The van der Waals surface area contributed by atoms with Gasteiger partial charge in [0, 0.05) is 34.3 Å². The molecule has 234 valence electrons. The van der Waals surface area contributed by atoms with Crippen LogP contribution in [0.25, 0.3) is 0 Å². The quantitative estimate of drug-likeness (QED) is 0.294. The van der Waals surface area contributed by atoms with Gasteiger partial charge in [0.25, 0.3) is 10.0 Å². The van der Waals surface area contributed by atoms with Crippen LogP contribution < -0.4 is 19.1 Å². The zero-order valence-electron chi connectivity index (χ0n) is 24.4. The van der Waals surface area contributed by atoms with E-state index in [1.807, 2.05) is 0 Å². The lowest BCUT2D eigenvalue weighted by molar-refractivity contribution is -0.139. The summed E-state index contributed by atoms with van der Waals surface area (Å²) < 4.78 is 40.5. The fourth-order valence-electron chi connectivity index (χ4n) is 5.44. The third-order valence-electron chi connectivity index (χ3n) is 7.93. The number of carbonyl (C=O) groups is 2. The molecule has 0 saturated heterocycles. The van der Waals surface area contributed by atoms with Gasteiger partial charge in [-0.25, -0.2) is 8.42 Å². The van der Waals surface area contributed by atoms with Crippen molar-refractivity contribution in [2.24, 2.45) is 0 Å². The van der Waals surface area contributed by atoms with Crippen LogP contribution in [0.15, 0.2) is 71.6 Å². The highest BCUT2D eigenvalue weighted by Crippen LogP contribution is 2.36. The zero-order chi connectivity index (χ0) is 31.3. The summed E-state index contributed by atoms with van der Waals surface area (Å²) in [5.74, 6) is -0.0901. The second-order valence-corrected chi connectivity index (χ2v) is 13.6. The van der Waals surface area contributed by atoms with E-state index in [1.54, 1.807) is 55.5 Å². The first kappa shape index (κ1) is 31.9. The number of hydrogen-bond acceptors (Lipinski definition) is 6. The number of carbonyl (C=O) groups excluding carboxylic acids is 2. The number of amides is 2. The van der Waals surface area contributed by atoms with Gasteiger partial charge < -0.3 is 19.7 Å². The van der Waals surface area contributed by atoms with E-state index in [0.717, 1.165) is 36.4 Å². The molecule has 12 heteroatoms. The van der Waals surface area contributed by atoms with Crippen molar-refractivity contribution in [3.63, 3.8) is 0 Å². The lowest BCUT2D eigenvalue weighted by atomic mass is 9.95. The number of nitrogens with zero attached hydrogens (tertiary/aromatic N) is 2. The lowest BCUT2D eigenvalue weighted by Gasteiger charge is -2.33. The van der Waals surface area contributed by atoms with Crippen LogP contribution in [-0.2, 0) is 26.2 Å². The Morgan fingerprint density at radius 3 is 2.25 bits per heavy atom. The van der Waals surface area contributed by atoms with Gasteiger partial charge in [0.15, 0.2) is 11.5 Å². The van der Waals surface area contributed by atoms with Gasteiger partial charge >= 0.3 is 0 Å². The molecule has 2 aliphatic rings. The first-order chi connectivity index (χ1) is 21.1. The van der Waals surface area contributed by atoms with Crippen LogP contribution in [0.4, 0.5) is 5.69 Å². The fraction of sp³-hybridized carbons (Fsp3) is 0.375. The summed E-state index contributed by atoms with van der Waals surface area (Å²) in [6.45, 7) is 1.61. The summed E-state index contributed by atoms with van der Waals surface area (Å²) in [6.07, 6.45) is 4.92. The van der Waals surface area contributed by atoms with Gasteiger partial charge in [0.2, 0.25) is 11.8 Å². The number of nitrogens with one attached hydrogen (secondary N) is 1. The molecule has 1 saturated carbocycles. The molecular formula is C32H35Cl2N3O6S. The first-order valence-electron chi connectivity index (χ1n) is 14.7. The molecule has 5 rings (SSSR count). The Kier molecular flexibility index (Phi) is 10.2. The van der Waals surface area contributed by atoms with E-state index in [0.29, 0.717) is 40.3 Å². The van der Waals surface area contributed by atoms with Crippen molar-refractivity contribution in [2.45, 2.75) is 62.6 Å². The van der Waals surface area contributed by atoms with E-state index < -0.39 is 28.5 Å². The van der Waals surface area contributed by atoms with Gasteiger partial charge in [-0.2, -0.15) is 0 Å². The van der Waals surface area contributed by atoms with Gasteiger partial charge in [0.1, 0.15) is 25.8 Å². The van der Waals surface area contributed by atoms with E-state index in [9.17, 15) is 18.0 Å². The Morgan fingerprint density at radius 1 is 0.909 bits per heavy atom. The van der Waals surface area contributed by atoms with Crippen molar-refractivity contribution >= 4 is 50.7 Å². The summed E-state index contributed by atoms with van der Waals surface area (Å²) in [7, 11) is -4.23. The molecule has 2 amide bonds. The molecule has 0 bridgehead atoms. The number of halogens is 2.